The van der Waals surface area contributed by atoms with E-state index in [4.69, 9.17) is 4.74 Å². The Morgan fingerprint density at radius 2 is 1.83 bits per heavy atom. The Bertz CT molecular complexity index is 645. The maximum Gasteiger partial charge on any atom is 0.330 e. The van der Waals surface area contributed by atoms with Gasteiger partial charge in [-0.3, -0.25) is 5.32 Å². The van der Waals surface area contributed by atoms with Gasteiger partial charge in [0.15, 0.2) is 0 Å². The molecule has 122 valence electrons. The highest BCUT2D eigenvalue weighted by atomic mass is 79.9. The van der Waals surface area contributed by atoms with E-state index in [1.54, 1.807) is 6.92 Å². The Hall–Kier alpha value is -1.69. The first kappa shape index (κ1) is 17.7. The number of ether oxygens (including phenoxy) is 1. The van der Waals surface area contributed by atoms with Crippen LogP contribution >= 0.6 is 15.9 Å². The van der Waals surface area contributed by atoms with Crippen LogP contribution in [0.5, 0.6) is 0 Å². The largest absolute Gasteiger partial charge is 0.467 e. The molecule has 2 atom stereocenters. The maximum absolute atomic E-state index is 12.4. The standard InChI is InChI=1S/C18H20BrNO3/c1-18(17(22)23-2,14-8-10-15(19)11-9-14)20-16(12-21)13-6-4-3-5-7-13/h3-11,16,20-21H,12H2,1-2H3/t16-,18+/m0/s1. The fourth-order valence-electron chi connectivity index (χ4n) is 2.52. The molecule has 2 rings (SSSR count). The van der Waals surface area contributed by atoms with Crippen LogP contribution < -0.4 is 5.32 Å². The van der Waals surface area contributed by atoms with Crippen LogP contribution in [0, 0.1) is 0 Å². The van der Waals surface area contributed by atoms with Crippen LogP contribution in [0.1, 0.15) is 24.1 Å². The van der Waals surface area contributed by atoms with Gasteiger partial charge >= 0.3 is 5.97 Å². The molecule has 2 aromatic carbocycles. The van der Waals surface area contributed by atoms with Gasteiger partial charge in [-0.1, -0.05) is 58.4 Å². The fourth-order valence-corrected chi connectivity index (χ4v) is 2.78. The summed E-state index contributed by atoms with van der Waals surface area (Å²) < 4.78 is 5.91. The van der Waals surface area contributed by atoms with Gasteiger partial charge in [-0.05, 0) is 30.2 Å². The third kappa shape index (κ3) is 3.99. The van der Waals surface area contributed by atoms with Crippen molar-refractivity contribution in [3.05, 3.63) is 70.2 Å². The molecule has 0 amide bonds. The van der Waals surface area contributed by atoms with Gasteiger partial charge in [0.05, 0.1) is 19.8 Å². The van der Waals surface area contributed by atoms with E-state index >= 15 is 0 Å². The highest BCUT2D eigenvalue weighted by molar-refractivity contribution is 9.10. The highest BCUT2D eigenvalue weighted by Gasteiger charge is 2.38. The number of aliphatic hydroxyl groups is 1. The Kier molecular flexibility index (Phi) is 5.93. The van der Waals surface area contributed by atoms with Crippen LogP contribution in [0.25, 0.3) is 0 Å². The number of hydrogen-bond acceptors (Lipinski definition) is 4. The molecule has 2 N–H and O–H groups in total. The lowest BCUT2D eigenvalue weighted by Crippen LogP contribution is -2.49. The molecule has 0 saturated carbocycles. The quantitative estimate of drug-likeness (QED) is 0.759. The first-order valence-electron chi connectivity index (χ1n) is 7.29. The average Bonchev–Trinajstić information content (AvgIpc) is 2.60. The van der Waals surface area contributed by atoms with Gasteiger partial charge in [0.1, 0.15) is 5.54 Å². The number of hydrogen-bond donors (Lipinski definition) is 2. The minimum atomic E-state index is -1.07. The van der Waals surface area contributed by atoms with Crippen molar-refractivity contribution in [3.63, 3.8) is 0 Å². The van der Waals surface area contributed by atoms with Crippen molar-refractivity contribution in [2.45, 2.75) is 18.5 Å². The summed E-state index contributed by atoms with van der Waals surface area (Å²) in [5.41, 5.74) is 0.600. The molecule has 0 spiro atoms. The lowest BCUT2D eigenvalue weighted by Gasteiger charge is -2.33. The SMILES string of the molecule is COC(=O)[C@](C)(N[C@@H](CO)c1ccccc1)c1ccc(Br)cc1. The van der Waals surface area contributed by atoms with Gasteiger partial charge in [-0.2, -0.15) is 0 Å². The third-order valence-corrected chi connectivity index (χ3v) is 4.39. The molecule has 23 heavy (non-hydrogen) atoms. The zero-order chi connectivity index (χ0) is 16.9. The summed E-state index contributed by atoms with van der Waals surface area (Å²) in [5.74, 6) is -0.408. The summed E-state index contributed by atoms with van der Waals surface area (Å²) in [5, 5.41) is 13.0. The zero-order valence-corrected chi connectivity index (χ0v) is 14.7. The summed E-state index contributed by atoms with van der Waals surface area (Å²) in [4.78, 5) is 12.4. The number of nitrogens with one attached hydrogen (secondary N) is 1. The number of aliphatic hydroxyl groups excluding tert-OH is 1. The van der Waals surface area contributed by atoms with Gasteiger partial charge in [0.25, 0.3) is 0 Å². The smallest absolute Gasteiger partial charge is 0.330 e. The fraction of sp³-hybridized carbons (Fsp3) is 0.278. The number of halogens is 1. The molecule has 0 aliphatic rings. The minimum Gasteiger partial charge on any atom is -0.467 e. The van der Waals surface area contributed by atoms with E-state index in [0.717, 1.165) is 15.6 Å². The van der Waals surface area contributed by atoms with Crippen molar-refractivity contribution in [1.29, 1.82) is 0 Å². The molecule has 4 nitrogen and oxygen atoms in total. The molecular weight excluding hydrogens is 358 g/mol. The second-order valence-corrected chi connectivity index (χ2v) is 6.33. The highest BCUT2D eigenvalue weighted by Crippen LogP contribution is 2.28. The molecule has 0 aliphatic carbocycles. The maximum atomic E-state index is 12.4. The molecular formula is C18H20BrNO3. The monoisotopic (exact) mass is 377 g/mol. The number of rotatable bonds is 6. The summed E-state index contributed by atoms with van der Waals surface area (Å²) in [6, 6.07) is 16.6. The lowest BCUT2D eigenvalue weighted by molar-refractivity contribution is -0.149. The van der Waals surface area contributed by atoms with Gasteiger partial charge in [0.2, 0.25) is 0 Å². The Balaban J connectivity index is 2.38. The topological polar surface area (TPSA) is 58.6 Å². The van der Waals surface area contributed by atoms with Crippen molar-refractivity contribution >= 4 is 21.9 Å². The molecule has 0 aromatic heterocycles. The summed E-state index contributed by atoms with van der Waals surface area (Å²) in [7, 11) is 1.36. The molecule has 2 aromatic rings. The van der Waals surface area contributed by atoms with Crippen LogP contribution in [0.3, 0.4) is 0 Å². The van der Waals surface area contributed by atoms with E-state index < -0.39 is 11.5 Å². The van der Waals surface area contributed by atoms with Crippen molar-refractivity contribution in [2.24, 2.45) is 0 Å². The number of carbonyl (C=O) groups excluding carboxylic acids is 1. The number of benzene rings is 2. The van der Waals surface area contributed by atoms with Crippen molar-refractivity contribution in [1.82, 2.24) is 5.32 Å². The van der Waals surface area contributed by atoms with Gasteiger partial charge < -0.3 is 9.84 Å². The second-order valence-electron chi connectivity index (χ2n) is 5.41. The molecule has 0 unspecified atom stereocenters. The van der Waals surface area contributed by atoms with Gasteiger partial charge in [-0.15, -0.1) is 0 Å². The number of methoxy groups -OCH3 is 1. The first-order chi connectivity index (χ1) is 11.0. The predicted molar refractivity (Wildman–Crippen MR) is 92.9 cm³/mol. The van der Waals surface area contributed by atoms with E-state index in [2.05, 4.69) is 21.2 Å². The number of esters is 1. The van der Waals surface area contributed by atoms with Crippen LogP contribution in [-0.4, -0.2) is 24.8 Å². The van der Waals surface area contributed by atoms with E-state index in [9.17, 15) is 9.90 Å². The normalized spacial score (nSPS) is 14.8. The molecule has 0 aliphatic heterocycles. The Morgan fingerprint density at radius 3 is 2.35 bits per heavy atom. The van der Waals surface area contributed by atoms with Crippen molar-refractivity contribution in [3.8, 4) is 0 Å². The van der Waals surface area contributed by atoms with E-state index in [1.807, 2.05) is 54.6 Å². The predicted octanol–water partition coefficient (Wildman–Crippen LogP) is 3.16. The van der Waals surface area contributed by atoms with Crippen LogP contribution in [0.2, 0.25) is 0 Å². The Labute approximate surface area is 144 Å². The number of carbonyl (C=O) groups is 1. The summed E-state index contributed by atoms with van der Waals surface area (Å²) in [6.07, 6.45) is 0. The zero-order valence-electron chi connectivity index (χ0n) is 13.1. The van der Waals surface area contributed by atoms with Crippen molar-refractivity contribution in [2.75, 3.05) is 13.7 Å². The van der Waals surface area contributed by atoms with Gasteiger partial charge in [-0.25, -0.2) is 4.79 Å². The molecule has 0 saturated heterocycles. The minimum absolute atomic E-state index is 0.132. The van der Waals surface area contributed by atoms with E-state index in [-0.39, 0.29) is 12.6 Å². The Morgan fingerprint density at radius 1 is 1.22 bits per heavy atom. The van der Waals surface area contributed by atoms with Crippen LogP contribution in [0.15, 0.2) is 59.1 Å². The molecule has 0 bridgehead atoms. The second kappa shape index (κ2) is 7.73. The van der Waals surface area contributed by atoms with Gasteiger partial charge in [0, 0.05) is 4.47 Å². The van der Waals surface area contributed by atoms with Crippen molar-refractivity contribution < 1.29 is 14.6 Å². The average molecular weight is 378 g/mol. The molecule has 0 heterocycles. The van der Waals surface area contributed by atoms with Crippen LogP contribution in [-0.2, 0) is 15.1 Å². The summed E-state index contributed by atoms with van der Waals surface area (Å²) >= 11 is 3.39. The molecule has 0 fully saturated rings. The van der Waals surface area contributed by atoms with E-state index in [0.29, 0.717) is 0 Å². The first-order valence-corrected chi connectivity index (χ1v) is 8.08. The van der Waals surface area contributed by atoms with E-state index in [1.165, 1.54) is 7.11 Å². The third-order valence-electron chi connectivity index (χ3n) is 3.86. The van der Waals surface area contributed by atoms with Crippen LogP contribution in [0.4, 0.5) is 0 Å². The lowest BCUT2D eigenvalue weighted by atomic mass is 9.90. The molecule has 5 heteroatoms. The molecule has 0 radical (unpaired) electrons. The summed E-state index contributed by atoms with van der Waals surface area (Å²) in [6.45, 7) is 1.63.